The van der Waals surface area contributed by atoms with Crippen molar-refractivity contribution in [1.82, 2.24) is 4.98 Å². The molecule has 0 saturated heterocycles. The first-order valence-corrected chi connectivity index (χ1v) is 6.89. The second-order valence-electron chi connectivity index (χ2n) is 3.64. The summed E-state index contributed by atoms with van der Waals surface area (Å²) in [5.74, 6) is 0.369. The second-order valence-corrected chi connectivity index (χ2v) is 5.24. The van der Waals surface area contributed by atoms with Gasteiger partial charge >= 0.3 is 0 Å². The minimum atomic E-state index is -0.284. The van der Waals surface area contributed by atoms with Gasteiger partial charge in [-0.05, 0) is 52.9 Å². The molecule has 0 radical (unpaired) electrons. The van der Waals surface area contributed by atoms with Crippen molar-refractivity contribution in [3.63, 3.8) is 0 Å². The van der Waals surface area contributed by atoms with Crippen LogP contribution in [0, 0.1) is 3.57 Å². The highest BCUT2D eigenvalue weighted by Crippen LogP contribution is 2.18. The lowest BCUT2D eigenvalue weighted by molar-refractivity contribution is -0.118. The molecule has 2 aromatic rings. The molecule has 1 aromatic carbocycles. The first-order chi connectivity index (χ1) is 9.15. The highest BCUT2D eigenvalue weighted by molar-refractivity contribution is 14.1. The summed E-state index contributed by atoms with van der Waals surface area (Å²) in [7, 11) is 0. The Morgan fingerprint density at radius 3 is 2.95 bits per heavy atom. The van der Waals surface area contributed by atoms with E-state index in [9.17, 15) is 4.79 Å². The van der Waals surface area contributed by atoms with E-state index in [1.54, 1.807) is 24.4 Å². The number of rotatable bonds is 4. The fourth-order valence-corrected chi connectivity index (χ4v) is 2.05. The molecule has 2 rings (SSSR count). The zero-order valence-corrected chi connectivity index (χ0v) is 12.7. The molecule has 0 atom stereocenters. The van der Waals surface area contributed by atoms with Gasteiger partial charge in [-0.15, -0.1) is 0 Å². The Hall–Kier alpha value is -1.34. The van der Waals surface area contributed by atoms with E-state index < -0.39 is 0 Å². The number of nitrogens with zero attached hydrogens (tertiary/aromatic N) is 1. The number of carbonyl (C=O) groups excluding carboxylic acids is 1. The standard InChI is InChI=1S/C13H10ClIN2O2/c14-13-11(5-2-6-16-13)17-12(18)8-19-10-4-1-3-9(15)7-10/h1-7H,8H2,(H,17,18). The van der Waals surface area contributed by atoms with Gasteiger partial charge in [0.2, 0.25) is 0 Å². The Morgan fingerprint density at radius 2 is 2.21 bits per heavy atom. The Kier molecular flexibility index (Phi) is 4.98. The Bertz CT molecular complexity index is 592. The van der Waals surface area contributed by atoms with E-state index in [2.05, 4.69) is 32.9 Å². The first-order valence-electron chi connectivity index (χ1n) is 5.44. The maximum atomic E-state index is 11.7. The average Bonchev–Trinajstić information content (AvgIpc) is 2.39. The summed E-state index contributed by atoms with van der Waals surface area (Å²) in [6.45, 7) is -0.0781. The second kappa shape index (κ2) is 6.72. The maximum Gasteiger partial charge on any atom is 0.262 e. The van der Waals surface area contributed by atoms with E-state index in [0.717, 1.165) is 3.57 Å². The van der Waals surface area contributed by atoms with Gasteiger partial charge in [0, 0.05) is 9.77 Å². The number of benzene rings is 1. The molecule has 4 nitrogen and oxygen atoms in total. The Labute approximate surface area is 129 Å². The van der Waals surface area contributed by atoms with Crippen LogP contribution in [0.5, 0.6) is 5.75 Å². The summed E-state index contributed by atoms with van der Waals surface area (Å²) < 4.78 is 6.43. The van der Waals surface area contributed by atoms with Crippen molar-refractivity contribution in [2.45, 2.75) is 0 Å². The number of carbonyl (C=O) groups is 1. The molecule has 0 unspecified atom stereocenters. The number of amides is 1. The number of hydrogen-bond donors (Lipinski definition) is 1. The largest absolute Gasteiger partial charge is 0.484 e. The summed E-state index contributed by atoms with van der Waals surface area (Å²) in [5, 5.41) is 2.89. The van der Waals surface area contributed by atoms with Crippen LogP contribution in [-0.2, 0) is 4.79 Å². The van der Waals surface area contributed by atoms with E-state index in [1.165, 1.54) is 0 Å². The van der Waals surface area contributed by atoms with Gasteiger partial charge in [-0.1, -0.05) is 17.7 Å². The summed E-state index contributed by atoms with van der Waals surface area (Å²) >= 11 is 8.02. The van der Waals surface area contributed by atoms with Crippen molar-refractivity contribution in [1.29, 1.82) is 0 Å². The molecule has 19 heavy (non-hydrogen) atoms. The van der Waals surface area contributed by atoms with Crippen LogP contribution < -0.4 is 10.1 Å². The predicted molar refractivity (Wildman–Crippen MR) is 82.5 cm³/mol. The van der Waals surface area contributed by atoms with Gasteiger partial charge in [0.25, 0.3) is 5.91 Å². The highest BCUT2D eigenvalue weighted by atomic mass is 127. The van der Waals surface area contributed by atoms with Gasteiger partial charge in [0.05, 0.1) is 5.69 Å². The summed E-state index contributed by atoms with van der Waals surface area (Å²) in [6.07, 6.45) is 1.56. The molecule has 0 aliphatic rings. The van der Waals surface area contributed by atoms with Crippen LogP contribution in [0.2, 0.25) is 5.15 Å². The third-order valence-corrected chi connectivity index (χ3v) is 3.17. The maximum absolute atomic E-state index is 11.7. The van der Waals surface area contributed by atoms with E-state index in [0.29, 0.717) is 11.4 Å². The minimum Gasteiger partial charge on any atom is -0.484 e. The van der Waals surface area contributed by atoms with Crippen LogP contribution in [0.1, 0.15) is 0 Å². The molecule has 1 heterocycles. The van der Waals surface area contributed by atoms with Crippen molar-refractivity contribution in [2.75, 3.05) is 11.9 Å². The molecule has 6 heteroatoms. The number of ether oxygens (including phenoxy) is 1. The molecular weight excluding hydrogens is 379 g/mol. The van der Waals surface area contributed by atoms with Gasteiger partial charge in [-0.3, -0.25) is 4.79 Å². The average molecular weight is 389 g/mol. The number of hydrogen-bond acceptors (Lipinski definition) is 3. The fourth-order valence-electron chi connectivity index (χ4n) is 1.37. The van der Waals surface area contributed by atoms with Gasteiger partial charge in [-0.25, -0.2) is 4.98 Å². The Balaban J connectivity index is 1.90. The van der Waals surface area contributed by atoms with E-state index in [-0.39, 0.29) is 17.7 Å². The van der Waals surface area contributed by atoms with Crippen LogP contribution in [-0.4, -0.2) is 17.5 Å². The quantitative estimate of drug-likeness (QED) is 0.645. The molecule has 0 fully saturated rings. The Morgan fingerprint density at radius 1 is 1.37 bits per heavy atom. The number of nitrogens with one attached hydrogen (secondary N) is 1. The third-order valence-electron chi connectivity index (χ3n) is 2.20. The molecule has 1 amide bonds. The lowest BCUT2D eigenvalue weighted by Crippen LogP contribution is -2.20. The first kappa shape index (κ1) is 14.1. The third kappa shape index (κ3) is 4.36. The zero-order chi connectivity index (χ0) is 13.7. The lowest BCUT2D eigenvalue weighted by atomic mass is 10.3. The van der Waals surface area contributed by atoms with Gasteiger partial charge in [-0.2, -0.15) is 0 Å². The summed E-state index contributed by atoms with van der Waals surface area (Å²) in [4.78, 5) is 15.6. The van der Waals surface area contributed by atoms with Gasteiger partial charge < -0.3 is 10.1 Å². The van der Waals surface area contributed by atoms with Gasteiger partial charge in [0.1, 0.15) is 5.75 Å². The van der Waals surface area contributed by atoms with Crippen molar-refractivity contribution in [3.05, 3.63) is 51.3 Å². The molecule has 0 aliphatic carbocycles. The number of aromatic nitrogens is 1. The van der Waals surface area contributed by atoms with Crippen LogP contribution in [0.25, 0.3) is 0 Å². The SMILES string of the molecule is O=C(COc1cccc(I)c1)Nc1cccnc1Cl. The molecule has 98 valence electrons. The molecule has 0 aliphatic heterocycles. The van der Waals surface area contributed by atoms with Crippen molar-refractivity contribution in [3.8, 4) is 5.75 Å². The van der Waals surface area contributed by atoms with Gasteiger partial charge in [0.15, 0.2) is 11.8 Å². The summed E-state index contributed by atoms with van der Waals surface area (Å²) in [5.41, 5.74) is 0.473. The normalized spacial score (nSPS) is 10.0. The molecule has 0 bridgehead atoms. The molecule has 0 saturated carbocycles. The van der Waals surface area contributed by atoms with Crippen molar-refractivity contribution in [2.24, 2.45) is 0 Å². The van der Waals surface area contributed by atoms with Crippen molar-refractivity contribution < 1.29 is 9.53 Å². The monoisotopic (exact) mass is 388 g/mol. The predicted octanol–water partition coefficient (Wildman–Crippen LogP) is 3.36. The smallest absolute Gasteiger partial charge is 0.262 e. The number of halogens is 2. The summed E-state index contributed by atoms with van der Waals surface area (Å²) in [6, 6.07) is 10.8. The lowest BCUT2D eigenvalue weighted by Gasteiger charge is -2.08. The van der Waals surface area contributed by atoms with Crippen LogP contribution >= 0.6 is 34.2 Å². The highest BCUT2D eigenvalue weighted by Gasteiger charge is 2.07. The van der Waals surface area contributed by atoms with Crippen molar-refractivity contribution >= 4 is 45.8 Å². The molecular formula is C13H10ClIN2O2. The molecule has 1 aromatic heterocycles. The topological polar surface area (TPSA) is 51.2 Å². The molecule has 1 N–H and O–H groups in total. The fraction of sp³-hybridized carbons (Fsp3) is 0.0769. The zero-order valence-electron chi connectivity index (χ0n) is 9.77. The number of anilines is 1. The van der Waals surface area contributed by atoms with Crippen LogP contribution in [0.3, 0.4) is 0 Å². The van der Waals surface area contributed by atoms with E-state index in [1.807, 2.05) is 18.2 Å². The minimum absolute atomic E-state index is 0.0781. The van der Waals surface area contributed by atoms with Crippen LogP contribution in [0.4, 0.5) is 5.69 Å². The molecule has 0 spiro atoms. The number of pyridine rings is 1. The van der Waals surface area contributed by atoms with Crippen LogP contribution in [0.15, 0.2) is 42.6 Å². The van der Waals surface area contributed by atoms with E-state index in [4.69, 9.17) is 16.3 Å². The van der Waals surface area contributed by atoms with E-state index >= 15 is 0 Å².